The van der Waals surface area contributed by atoms with Gasteiger partial charge in [-0.1, -0.05) is 5.16 Å². The number of amides is 1. The molecule has 1 N–H and O–H groups in total. The van der Waals surface area contributed by atoms with Crippen LogP contribution in [0.25, 0.3) is 11.1 Å². The van der Waals surface area contributed by atoms with Crippen LogP contribution in [0.1, 0.15) is 41.0 Å². The molecule has 2 aromatic heterocycles. The van der Waals surface area contributed by atoms with Gasteiger partial charge in [-0.05, 0) is 39.2 Å². The molecule has 2 aliphatic heterocycles. The highest BCUT2D eigenvalue weighted by Gasteiger charge is 2.32. The van der Waals surface area contributed by atoms with Gasteiger partial charge < -0.3 is 14.7 Å². The molecule has 6 nitrogen and oxygen atoms in total. The first-order chi connectivity index (χ1) is 10.6. The summed E-state index contributed by atoms with van der Waals surface area (Å²) >= 11 is 0. The molecule has 2 fully saturated rings. The van der Waals surface area contributed by atoms with Crippen LogP contribution in [0.5, 0.6) is 0 Å². The van der Waals surface area contributed by atoms with Crippen molar-refractivity contribution in [2.24, 2.45) is 0 Å². The van der Waals surface area contributed by atoms with Crippen LogP contribution in [-0.2, 0) is 0 Å². The van der Waals surface area contributed by atoms with E-state index in [1.807, 2.05) is 24.8 Å². The van der Waals surface area contributed by atoms with Gasteiger partial charge >= 0.3 is 0 Å². The van der Waals surface area contributed by atoms with E-state index in [0.717, 1.165) is 42.7 Å². The van der Waals surface area contributed by atoms with Gasteiger partial charge in [0.05, 0.1) is 16.6 Å². The molecule has 2 aromatic rings. The normalized spacial score (nSPS) is 24.7. The first-order valence-corrected chi connectivity index (χ1v) is 7.91. The Balaban J connectivity index is 1.72. The molecule has 0 spiro atoms. The van der Waals surface area contributed by atoms with E-state index in [-0.39, 0.29) is 5.91 Å². The van der Waals surface area contributed by atoms with E-state index >= 15 is 0 Å². The summed E-state index contributed by atoms with van der Waals surface area (Å²) in [5, 5.41) is 8.32. The summed E-state index contributed by atoms with van der Waals surface area (Å²) in [6, 6.07) is 2.85. The van der Waals surface area contributed by atoms with E-state index < -0.39 is 0 Å². The molecule has 116 valence electrons. The van der Waals surface area contributed by atoms with E-state index in [2.05, 4.69) is 15.5 Å². The van der Waals surface area contributed by atoms with Crippen molar-refractivity contribution in [1.29, 1.82) is 0 Å². The van der Waals surface area contributed by atoms with Gasteiger partial charge in [0.15, 0.2) is 0 Å². The fraction of sp³-hybridized carbons (Fsp3) is 0.562. The molecule has 6 heteroatoms. The van der Waals surface area contributed by atoms with Crippen molar-refractivity contribution in [1.82, 2.24) is 20.4 Å². The molecule has 0 aromatic carbocycles. The van der Waals surface area contributed by atoms with Crippen LogP contribution in [0.3, 0.4) is 0 Å². The van der Waals surface area contributed by atoms with Crippen molar-refractivity contribution in [3.05, 3.63) is 23.0 Å². The molecule has 0 radical (unpaired) electrons. The van der Waals surface area contributed by atoms with Crippen LogP contribution in [0, 0.1) is 13.8 Å². The van der Waals surface area contributed by atoms with Crippen molar-refractivity contribution >= 4 is 17.0 Å². The van der Waals surface area contributed by atoms with Gasteiger partial charge in [0, 0.05) is 30.9 Å². The number of nitrogens with zero attached hydrogens (tertiary/aromatic N) is 3. The number of fused-ring (bicyclic) bond motifs is 3. The van der Waals surface area contributed by atoms with E-state index in [1.54, 1.807) is 0 Å². The van der Waals surface area contributed by atoms with Crippen LogP contribution in [-0.4, -0.2) is 46.1 Å². The van der Waals surface area contributed by atoms with Crippen molar-refractivity contribution < 1.29 is 9.32 Å². The third-order valence-corrected chi connectivity index (χ3v) is 4.79. The van der Waals surface area contributed by atoms with Gasteiger partial charge in [0.2, 0.25) is 0 Å². The summed E-state index contributed by atoms with van der Waals surface area (Å²) in [7, 11) is 0. The Kier molecular flexibility index (Phi) is 3.14. The van der Waals surface area contributed by atoms with Crippen LogP contribution in [0.15, 0.2) is 10.6 Å². The third-order valence-electron chi connectivity index (χ3n) is 4.79. The molecule has 4 heterocycles. The maximum Gasteiger partial charge on any atom is 0.258 e. The van der Waals surface area contributed by atoms with Gasteiger partial charge in [-0.2, -0.15) is 0 Å². The number of carbonyl (C=O) groups excluding carboxylic acids is 1. The van der Waals surface area contributed by atoms with Crippen LogP contribution >= 0.6 is 0 Å². The Hall–Kier alpha value is -1.95. The molecule has 1 amide bonds. The van der Waals surface area contributed by atoms with Crippen molar-refractivity contribution in [2.75, 3.05) is 13.1 Å². The highest BCUT2D eigenvalue weighted by molar-refractivity contribution is 6.06. The standard InChI is InChI=1S/C16H20N4O2/c1-9-7-13(14-10(2)19-22-15(14)17-9)16(21)20-6-5-11-3-4-12(8-20)18-11/h7,11-12,18H,3-6,8H2,1-2H3. The van der Waals surface area contributed by atoms with Crippen molar-refractivity contribution in [3.8, 4) is 0 Å². The lowest BCUT2D eigenvalue weighted by Gasteiger charge is -2.24. The SMILES string of the molecule is Cc1cc(C(=O)N2CCC3CCC(C2)N3)c2c(C)noc2n1. The van der Waals surface area contributed by atoms with Gasteiger partial charge in [0.1, 0.15) is 0 Å². The number of hydrogen-bond acceptors (Lipinski definition) is 5. The Morgan fingerprint density at radius 1 is 1.32 bits per heavy atom. The average Bonchev–Trinajstić information content (AvgIpc) is 3.00. The molecule has 2 aliphatic rings. The predicted octanol–water partition coefficient (Wildman–Crippen LogP) is 1.81. The van der Waals surface area contributed by atoms with Gasteiger partial charge in [-0.15, -0.1) is 0 Å². The van der Waals surface area contributed by atoms with Crippen molar-refractivity contribution in [2.45, 2.75) is 45.2 Å². The zero-order valence-electron chi connectivity index (χ0n) is 12.9. The second kappa shape index (κ2) is 5.05. The molecule has 0 aliphatic carbocycles. The fourth-order valence-electron chi connectivity index (χ4n) is 3.68. The van der Waals surface area contributed by atoms with Crippen LogP contribution in [0.2, 0.25) is 0 Å². The fourth-order valence-corrected chi connectivity index (χ4v) is 3.68. The topological polar surface area (TPSA) is 71.3 Å². The molecule has 2 atom stereocenters. The lowest BCUT2D eigenvalue weighted by molar-refractivity contribution is 0.0750. The highest BCUT2D eigenvalue weighted by Crippen LogP contribution is 2.26. The Morgan fingerprint density at radius 2 is 2.14 bits per heavy atom. The lowest BCUT2D eigenvalue weighted by atomic mass is 10.1. The second-order valence-corrected chi connectivity index (χ2v) is 6.44. The summed E-state index contributed by atoms with van der Waals surface area (Å²) in [6.07, 6.45) is 3.42. The van der Waals surface area contributed by atoms with E-state index in [0.29, 0.717) is 23.4 Å². The van der Waals surface area contributed by atoms with Crippen LogP contribution in [0.4, 0.5) is 0 Å². The number of aromatic nitrogens is 2. The summed E-state index contributed by atoms with van der Waals surface area (Å²) in [4.78, 5) is 19.3. The predicted molar refractivity (Wildman–Crippen MR) is 81.7 cm³/mol. The van der Waals surface area contributed by atoms with Gasteiger partial charge in [-0.25, -0.2) is 4.98 Å². The molecule has 2 unspecified atom stereocenters. The van der Waals surface area contributed by atoms with Gasteiger partial charge in [0.25, 0.3) is 11.6 Å². The minimum Gasteiger partial charge on any atom is -0.337 e. The zero-order chi connectivity index (χ0) is 15.3. The molecular weight excluding hydrogens is 280 g/mol. The molecule has 2 saturated heterocycles. The number of aryl methyl sites for hydroxylation is 2. The monoisotopic (exact) mass is 300 g/mol. The van der Waals surface area contributed by atoms with E-state index in [9.17, 15) is 4.79 Å². The Morgan fingerprint density at radius 3 is 3.00 bits per heavy atom. The summed E-state index contributed by atoms with van der Waals surface area (Å²) in [6.45, 7) is 5.31. The molecule has 4 rings (SSSR count). The number of rotatable bonds is 1. The highest BCUT2D eigenvalue weighted by atomic mass is 16.5. The smallest absolute Gasteiger partial charge is 0.258 e. The Labute approximate surface area is 128 Å². The number of nitrogens with one attached hydrogen (secondary N) is 1. The van der Waals surface area contributed by atoms with Crippen molar-refractivity contribution in [3.63, 3.8) is 0 Å². The number of carbonyl (C=O) groups is 1. The largest absolute Gasteiger partial charge is 0.337 e. The second-order valence-electron chi connectivity index (χ2n) is 6.44. The summed E-state index contributed by atoms with van der Waals surface area (Å²) in [5.41, 5.74) is 2.62. The quantitative estimate of drug-likeness (QED) is 0.869. The van der Waals surface area contributed by atoms with E-state index in [4.69, 9.17) is 4.52 Å². The first kappa shape index (κ1) is 13.7. The first-order valence-electron chi connectivity index (χ1n) is 7.91. The number of likely N-dealkylation sites (tertiary alicyclic amines) is 1. The number of hydrogen-bond donors (Lipinski definition) is 1. The van der Waals surface area contributed by atoms with Gasteiger partial charge in [-0.3, -0.25) is 4.79 Å². The van der Waals surface area contributed by atoms with Crippen LogP contribution < -0.4 is 5.32 Å². The molecule has 2 bridgehead atoms. The summed E-state index contributed by atoms with van der Waals surface area (Å²) in [5.74, 6) is 0.0659. The third kappa shape index (κ3) is 2.18. The molecular formula is C16H20N4O2. The minimum absolute atomic E-state index is 0.0659. The zero-order valence-corrected chi connectivity index (χ0v) is 12.9. The maximum atomic E-state index is 13.0. The maximum absolute atomic E-state index is 13.0. The lowest BCUT2D eigenvalue weighted by Crippen LogP contribution is -2.39. The average molecular weight is 300 g/mol. The molecule has 22 heavy (non-hydrogen) atoms. The number of pyridine rings is 1. The van der Waals surface area contributed by atoms with E-state index in [1.165, 1.54) is 6.42 Å². The Bertz CT molecular complexity index is 739. The molecule has 0 saturated carbocycles. The summed E-state index contributed by atoms with van der Waals surface area (Å²) < 4.78 is 5.24. The minimum atomic E-state index is 0.0659.